The van der Waals surface area contributed by atoms with Gasteiger partial charge in [0, 0.05) is 27.6 Å². The second-order valence-electron chi connectivity index (χ2n) is 12.9. The lowest BCUT2D eigenvalue weighted by Crippen LogP contribution is -2.05. The summed E-state index contributed by atoms with van der Waals surface area (Å²) in [5.74, 6) is 1.19. The lowest BCUT2D eigenvalue weighted by Gasteiger charge is -2.11. The van der Waals surface area contributed by atoms with Crippen molar-refractivity contribution in [3.8, 4) is 27.9 Å². The van der Waals surface area contributed by atoms with Crippen LogP contribution in [0, 0.1) is 0 Å². The zero-order chi connectivity index (χ0) is 34.1. The van der Waals surface area contributed by atoms with Crippen LogP contribution in [0.15, 0.2) is 185 Å². The molecule has 0 N–H and O–H groups in total. The zero-order valence-corrected chi connectivity index (χ0v) is 28.1. The molecule has 9 rings (SSSR count). The van der Waals surface area contributed by atoms with E-state index in [9.17, 15) is 0 Å². The van der Waals surface area contributed by atoms with Crippen LogP contribution in [0.4, 0.5) is 0 Å². The summed E-state index contributed by atoms with van der Waals surface area (Å²) in [5.41, 5.74) is 14.3. The molecular formula is C47H34N4. The second kappa shape index (κ2) is 13.0. The van der Waals surface area contributed by atoms with E-state index in [1.54, 1.807) is 0 Å². The van der Waals surface area contributed by atoms with Crippen molar-refractivity contribution in [2.45, 2.75) is 13.0 Å². The minimum Gasteiger partial charge on any atom is -0.309 e. The molecule has 0 spiro atoms. The first kappa shape index (κ1) is 30.4. The van der Waals surface area contributed by atoms with E-state index in [0.29, 0.717) is 18.2 Å². The molecule has 4 nitrogen and oxygen atoms in total. The minimum absolute atomic E-state index is 0.507. The van der Waals surface area contributed by atoms with E-state index < -0.39 is 0 Å². The summed E-state index contributed by atoms with van der Waals surface area (Å²) in [6.07, 6.45) is 0.880. The molecule has 0 saturated heterocycles. The van der Waals surface area contributed by atoms with E-state index in [-0.39, 0.29) is 0 Å². The molecule has 1 aliphatic rings. The summed E-state index contributed by atoms with van der Waals surface area (Å²) in [4.78, 5) is 14.2. The molecular weight excluding hydrogens is 621 g/mol. The molecule has 0 aliphatic heterocycles. The fourth-order valence-corrected chi connectivity index (χ4v) is 7.37. The summed E-state index contributed by atoms with van der Waals surface area (Å²) < 4.78 is 2.42. The van der Waals surface area contributed by atoms with Crippen molar-refractivity contribution in [3.63, 3.8) is 0 Å². The Kier molecular flexibility index (Phi) is 7.75. The van der Waals surface area contributed by atoms with Gasteiger partial charge in [-0.05, 0) is 76.3 Å². The topological polar surface area (TPSA) is 42.0 Å². The van der Waals surface area contributed by atoms with E-state index in [2.05, 4.69) is 125 Å². The Morgan fingerprint density at radius 2 is 1.16 bits per heavy atom. The average Bonchev–Trinajstić information content (AvgIpc) is 3.73. The fourth-order valence-electron chi connectivity index (χ4n) is 7.37. The fraction of sp³-hybridized carbons (Fsp3) is 0.0426. The van der Waals surface area contributed by atoms with Gasteiger partial charge in [0.25, 0.3) is 0 Å². The van der Waals surface area contributed by atoms with Crippen LogP contribution in [-0.4, -0.2) is 23.0 Å². The Morgan fingerprint density at radius 1 is 0.529 bits per heavy atom. The third-order valence-corrected chi connectivity index (χ3v) is 9.81. The van der Waals surface area contributed by atoms with Crippen molar-refractivity contribution in [2.24, 2.45) is 15.0 Å². The molecule has 8 aromatic rings. The SMILES string of the molecule is C=N/C(=N\C(=N/Cc1ccc2c(c1)Cc1cc(-n3c4ccccc4c4ccc(-c5ccccc5)cc43)ccc1-2)c1ccccc1)c1ccccc1. The van der Waals surface area contributed by atoms with Gasteiger partial charge in [-0.3, -0.25) is 4.99 Å². The molecule has 1 aromatic heterocycles. The number of fused-ring (bicyclic) bond motifs is 6. The van der Waals surface area contributed by atoms with Crippen LogP contribution in [0.2, 0.25) is 0 Å². The van der Waals surface area contributed by atoms with Crippen molar-refractivity contribution < 1.29 is 0 Å². The van der Waals surface area contributed by atoms with Crippen LogP contribution in [0.5, 0.6) is 0 Å². The lowest BCUT2D eigenvalue weighted by atomic mass is 10.0. The Morgan fingerprint density at radius 3 is 1.90 bits per heavy atom. The normalized spacial score (nSPS) is 12.6. The second-order valence-corrected chi connectivity index (χ2v) is 12.9. The van der Waals surface area contributed by atoms with Crippen LogP contribution >= 0.6 is 0 Å². The molecule has 1 aliphatic carbocycles. The Bertz CT molecular complexity index is 2630. The number of amidine groups is 2. The van der Waals surface area contributed by atoms with Crippen molar-refractivity contribution in [1.29, 1.82) is 0 Å². The number of benzene rings is 7. The van der Waals surface area contributed by atoms with Crippen LogP contribution in [0.1, 0.15) is 27.8 Å². The average molecular weight is 655 g/mol. The Labute approximate surface area is 297 Å². The molecule has 0 amide bonds. The Balaban J connectivity index is 1.06. The van der Waals surface area contributed by atoms with Crippen LogP contribution in [0.25, 0.3) is 49.7 Å². The van der Waals surface area contributed by atoms with Gasteiger partial charge in [-0.2, -0.15) is 0 Å². The minimum atomic E-state index is 0.507. The first-order valence-electron chi connectivity index (χ1n) is 17.3. The number of rotatable bonds is 6. The predicted molar refractivity (Wildman–Crippen MR) is 214 cm³/mol. The number of aromatic nitrogens is 1. The molecule has 242 valence electrons. The highest BCUT2D eigenvalue weighted by atomic mass is 15.0. The van der Waals surface area contributed by atoms with Gasteiger partial charge < -0.3 is 4.57 Å². The summed E-state index contributed by atoms with van der Waals surface area (Å²) in [7, 11) is 0. The van der Waals surface area contributed by atoms with Gasteiger partial charge in [0.15, 0.2) is 11.7 Å². The van der Waals surface area contributed by atoms with E-state index >= 15 is 0 Å². The predicted octanol–water partition coefficient (Wildman–Crippen LogP) is 11.1. The number of hydrogen-bond donors (Lipinski definition) is 0. The van der Waals surface area contributed by atoms with Gasteiger partial charge in [0.05, 0.1) is 17.6 Å². The van der Waals surface area contributed by atoms with Crippen molar-refractivity contribution >= 4 is 40.2 Å². The molecule has 0 saturated carbocycles. The van der Waals surface area contributed by atoms with Gasteiger partial charge in [-0.1, -0.05) is 146 Å². The van der Waals surface area contributed by atoms with Crippen LogP contribution in [0.3, 0.4) is 0 Å². The maximum atomic E-state index is 5.02. The van der Waals surface area contributed by atoms with Gasteiger partial charge >= 0.3 is 0 Å². The molecule has 0 radical (unpaired) electrons. The molecule has 0 unspecified atom stereocenters. The van der Waals surface area contributed by atoms with Gasteiger partial charge in [-0.15, -0.1) is 0 Å². The van der Waals surface area contributed by atoms with Gasteiger partial charge in [0.1, 0.15) is 0 Å². The maximum absolute atomic E-state index is 5.02. The zero-order valence-electron chi connectivity index (χ0n) is 28.1. The largest absolute Gasteiger partial charge is 0.309 e. The first-order chi connectivity index (χ1) is 25.2. The third-order valence-electron chi connectivity index (χ3n) is 9.81. The van der Waals surface area contributed by atoms with Gasteiger partial charge in [-0.25, -0.2) is 9.98 Å². The summed E-state index contributed by atoms with van der Waals surface area (Å²) >= 11 is 0. The van der Waals surface area contributed by atoms with Crippen molar-refractivity contribution in [2.75, 3.05) is 0 Å². The highest BCUT2D eigenvalue weighted by molar-refractivity contribution is 6.13. The van der Waals surface area contributed by atoms with Crippen molar-refractivity contribution in [3.05, 3.63) is 198 Å². The van der Waals surface area contributed by atoms with E-state index in [1.165, 1.54) is 60.9 Å². The van der Waals surface area contributed by atoms with Crippen LogP contribution < -0.4 is 0 Å². The molecule has 51 heavy (non-hydrogen) atoms. The first-order valence-corrected chi connectivity index (χ1v) is 17.3. The summed E-state index contributed by atoms with van der Waals surface area (Å²) in [5, 5.41) is 2.53. The van der Waals surface area contributed by atoms with E-state index in [0.717, 1.165) is 23.1 Å². The monoisotopic (exact) mass is 654 g/mol. The molecule has 1 heterocycles. The molecule has 0 fully saturated rings. The number of hydrogen-bond acceptors (Lipinski definition) is 1. The smallest absolute Gasteiger partial charge is 0.161 e. The highest BCUT2D eigenvalue weighted by Gasteiger charge is 2.21. The van der Waals surface area contributed by atoms with Crippen LogP contribution in [-0.2, 0) is 13.0 Å². The number of aliphatic imine (C=N–C) groups is 3. The van der Waals surface area contributed by atoms with E-state index in [1.807, 2.05) is 60.7 Å². The number of nitrogens with zero attached hydrogens (tertiary/aromatic N) is 4. The highest BCUT2D eigenvalue weighted by Crippen LogP contribution is 2.40. The lowest BCUT2D eigenvalue weighted by molar-refractivity contribution is 1.05. The molecule has 0 bridgehead atoms. The Hall–Kier alpha value is -6.65. The molecule has 4 heteroatoms. The van der Waals surface area contributed by atoms with E-state index in [4.69, 9.17) is 9.98 Å². The van der Waals surface area contributed by atoms with Gasteiger partial charge in [0.2, 0.25) is 0 Å². The standard InChI is InChI=1S/C47H34N4/c1-48-46(34-15-7-3-8-16-34)50-47(35-17-9-4-10-18-35)49-31-32-21-24-40-37(27-32)28-38-29-39(23-26-41(38)40)51-44-20-12-11-19-42(44)43-25-22-36(30-45(43)51)33-13-5-2-6-14-33/h2-27,29-30H,1,28,31H2/b49-47-,50-46-. The maximum Gasteiger partial charge on any atom is 0.161 e. The number of para-hydroxylation sites is 1. The summed E-state index contributed by atoms with van der Waals surface area (Å²) in [6, 6.07) is 59.9. The quantitative estimate of drug-likeness (QED) is 0.126. The van der Waals surface area contributed by atoms with Crippen molar-refractivity contribution in [1.82, 2.24) is 4.57 Å². The molecule has 7 aromatic carbocycles. The molecule has 0 atom stereocenters. The third kappa shape index (κ3) is 5.67. The summed E-state index contributed by atoms with van der Waals surface area (Å²) in [6.45, 7) is 4.30.